The van der Waals surface area contributed by atoms with Gasteiger partial charge >= 0.3 is 0 Å². The summed E-state index contributed by atoms with van der Waals surface area (Å²) in [5.41, 5.74) is 2.78. The van der Waals surface area contributed by atoms with Crippen LogP contribution in [-0.2, 0) is 7.05 Å². The molecule has 1 aromatic rings. The van der Waals surface area contributed by atoms with Crippen LogP contribution in [0.25, 0.3) is 5.57 Å². The van der Waals surface area contributed by atoms with E-state index in [1.54, 1.807) is 0 Å². The van der Waals surface area contributed by atoms with Crippen molar-refractivity contribution in [2.75, 3.05) is 13.1 Å². The van der Waals surface area contributed by atoms with Gasteiger partial charge in [-0.3, -0.25) is 4.68 Å². The third-order valence-electron chi connectivity index (χ3n) is 3.44. The molecule has 0 amide bonds. The normalized spacial score (nSPS) is 30.5. The number of nitrogens with zero attached hydrogens (tertiary/aromatic N) is 2. The van der Waals surface area contributed by atoms with E-state index >= 15 is 0 Å². The van der Waals surface area contributed by atoms with Gasteiger partial charge in [-0.25, -0.2) is 0 Å². The Morgan fingerprint density at radius 2 is 2.43 bits per heavy atom. The van der Waals surface area contributed by atoms with E-state index in [1.165, 1.54) is 24.2 Å². The summed E-state index contributed by atoms with van der Waals surface area (Å²) >= 11 is 0. The maximum absolute atomic E-state index is 4.22. The Morgan fingerprint density at radius 3 is 3.14 bits per heavy atom. The maximum Gasteiger partial charge on any atom is 0.0635 e. The molecule has 0 saturated carbocycles. The molecule has 2 atom stereocenters. The van der Waals surface area contributed by atoms with Crippen LogP contribution in [0.15, 0.2) is 18.3 Å². The SMILES string of the molecule is Cn1nccc1C1=CC2CNCC2C1. The molecule has 74 valence electrons. The number of rotatable bonds is 1. The second-order valence-corrected chi connectivity index (χ2v) is 4.32. The third kappa shape index (κ3) is 1.12. The van der Waals surface area contributed by atoms with Crippen molar-refractivity contribution in [3.63, 3.8) is 0 Å². The summed E-state index contributed by atoms with van der Waals surface area (Å²) in [5.74, 6) is 1.60. The van der Waals surface area contributed by atoms with Crippen molar-refractivity contribution < 1.29 is 0 Å². The molecular weight excluding hydrogens is 174 g/mol. The van der Waals surface area contributed by atoms with E-state index in [0.717, 1.165) is 18.4 Å². The van der Waals surface area contributed by atoms with E-state index in [2.05, 4.69) is 22.6 Å². The molecule has 1 aliphatic carbocycles. The molecule has 14 heavy (non-hydrogen) atoms. The molecule has 2 unspecified atom stereocenters. The van der Waals surface area contributed by atoms with Crippen LogP contribution in [0.3, 0.4) is 0 Å². The molecule has 1 N–H and O–H groups in total. The molecule has 3 nitrogen and oxygen atoms in total. The van der Waals surface area contributed by atoms with Crippen LogP contribution >= 0.6 is 0 Å². The van der Waals surface area contributed by atoms with Crippen molar-refractivity contribution in [1.82, 2.24) is 15.1 Å². The average molecular weight is 189 g/mol. The molecule has 1 aromatic heterocycles. The number of allylic oxidation sites excluding steroid dienone is 1. The first-order valence-corrected chi connectivity index (χ1v) is 5.24. The van der Waals surface area contributed by atoms with E-state index in [4.69, 9.17) is 0 Å². The molecule has 1 saturated heterocycles. The molecule has 1 fully saturated rings. The van der Waals surface area contributed by atoms with E-state index in [1.807, 2.05) is 17.9 Å². The van der Waals surface area contributed by atoms with Crippen LogP contribution in [0.5, 0.6) is 0 Å². The number of aryl methyl sites for hydroxylation is 1. The fourth-order valence-electron chi connectivity index (χ4n) is 2.66. The van der Waals surface area contributed by atoms with Crippen LogP contribution in [0, 0.1) is 11.8 Å². The van der Waals surface area contributed by atoms with Gasteiger partial charge in [-0.1, -0.05) is 6.08 Å². The minimum absolute atomic E-state index is 0.764. The molecule has 3 heteroatoms. The smallest absolute Gasteiger partial charge is 0.0635 e. The minimum atomic E-state index is 0.764. The average Bonchev–Trinajstić information content (AvgIpc) is 2.75. The van der Waals surface area contributed by atoms with Crippen LogP contribution in [-0.4, -0.2) is 22.9 Å². The van der Waals surface area contributed by atoms with Gasteiger partial charge in [0.05, 0.1) is 5.69 Å². The molecule has 2 aliphatic rings. The Labute approximate surface area is 83.8 Å². The fraction of sp³-hybridized carbons (Fsp3) is 0.545. The third-order valence-corrected chi connectivity index (χ3v) is 3.44. The molecule has 3 rings (SSSR count). The first-order valence-electron chi connectivity index (χ1n) is 5.24. The highest BCUT2D eigenvalue weighted by Gasteiger charge is 2.32. The van der Waals surface area contributed by atoms with Gasteiger partial charge in [0.15, 0.2) is 0 Å². The standard InChI is InChI=1S/C11H15N3/c1-14-11(2-3-13-14)8-4-9-6-12-7-10(9)5-8/h2-4,9-10,12H,5-7H2,1H3. The van der Waals surface area contributed by atoms with Gasteiger partial charge in [0.1, 0.15) is 0 Å². The van der Waals surface area contributed by atoms with E-state index in [-0.39, 0.29) is 0 Å². The zero-order valence-electron chi connectivity index (χ0n) is 8.40. The Hall–Kier alpha value is -1.09. The molecular formula is C11H15N3. The van der Waals surface area contributed by atoms with Gasteiger partial charge < -0.3 is 5.32 Å². The largest absolute Gasteiger partial charge is 0.316 e. The molecule has 1 aliphatic heterocycles. The Balaban J connectivity index is 1.91. The quantitative estimate of drug-likeness (QED) is 0.715. The predicted octanol–water partition coefficient (Wildman–Crippen LogP) is 1.04. The monoisotopic (exact) mass is 189 g/mol. The van der Waals surface area contributed by atoms with Crippen LogP contribution in [0.2, 0.25) is 0 Å². The van der Waals surface area contributed by atoms with Gasteiger partial charge in [0.25, 0.3) is 0 Å². The van der Waals surface area contributed by atoms with Crippen molar-refractivity contribution in [3.8, 4) is 0 Å². The summed E-state index contributed by atoms with van der Waals surface area (Å²) in [4.78, 5) is 0. The van der Waals surface area contributed by atoms with E-state index in [9.17, 15) is 0 Å². The highest BCUT2D eigenvalue weighted by Crippen LogP contribution is 2.37. The van der Waals surface area contributed by atoms with Crippen molar-refractivity contribution >= 4 is 5.57 Å². The maximum atomic E-state index is 4.22. The lowest BCUT2D eigenvalue weighted by Gasteiger charge is -2.06. The van der Waals surface area contributed by atoms with E-state index < -0.39 is 0 Å². The van der Waals surface area contributed by atoms with Crippen LogP contribution in [0.4, 0.5) is 0 Å². The number of nitrogens with one attached hydrogen (secondary N) is 1. The lowest BCUT2D eigenvalue weighted by Crippen LogP contribution is -2.09. The summed E-state index contributed by atoms with van der Waals surface area (Å²) < 4.78 is 1.97. The lowest BCUT2D eigenvalue weighted by atomic mass is 9.99. The van der Waals surface area contributed by atoms with Crippen molar-refractivity contribution in [2.45, 2.75) is 6.42 Å². The van der Waals surface area contributed by atoms with E-state index in [0.29, 0.717) is 0 Å². The second-order valence-electron chi connectivity index (χ2n) is 4.32. The van der Waals surface area contributed by atoms with Crippen molar-refractivity contribution in [2.24, 2.45) is 18.9 Å². The van der Waals surface area contributed by atoms with Gasteiger partial charge in [-0.2, -0.15) is 5.10 Å². The number of hydrogen-bond acceptors (Lipinski definition) is 2. The number of hydrogen-bond donors (Lipinski definition) is 1. The summed E-state index contributed by atoms with van der Waals surface area (Å²) in [5, 5.41) is 7.65. The van der Waals surface area contributed by atoms with Crippen molar-refractivity contribution in [1.29, 1.82) is 0 Å². The summed E-state index contributed by atoms with van der Waals surface area (Å²) in [6, 6.07) is 2.11. The molecule has 2 heterocycles. The van der Waals surface area contributed by atoms with Gasteiger partial charge in [-0.15, -0.1) is 0 Å². The first-order chi connectivity index (χ1) is 6.84. The highest BCUT2D eigenvalue weighted by atomic mass is 15.3. The minimum Gasteiger partial charge on any atom is -0.316 e. The Morgan fingerprint density at radius 1 is 1.50 bits per heavy atom. The topological polar surface area (TPSA) is 29.9 Å². The Kier molecular flexibility index (Phi) is 1.74. The van der Waals surface area contributed by atoms with Crippen LogP contribution in [0.1, 0.15) is 12.1 Å². The number of aromatic nitrogens is 2. The zero-order valence-corrected chi connectivity index (χ0v) is 8.40. The van der Waals surface area contributed by atoms with Gasteiger partial charge in [-0.05, 0) is 36.4 Å². The summed E-state index contributed by atoms with van der Waals surface area (Å²) in [7, 11) is 2.02. The Bertz CT molecular complexity index is 378. The first kappa shape index (κ1) is 8.24. The second kappa shape index (κ2) is 2.95. The molecule has 0 radical (unpaired) electrons. The fourth-order valence-corrected chi connectivity index (χ4v) is 2.66. The van der Waals surface area contributed by atoms with Gasteiger partial charge in [0.2, 0.25) is 0 Å². The number of fused-ring (bicyclic) bond motifs is 1. The molecule has 0 bridgehead atoms. The van der Waals surface area contributed by atoms with Gasteiger partial charge in [0, 0.05) is 19.8 Å². The zero-order chi connectivity index (χ0) is 9.54. The summed E-state index contributed by atoms with van der Waals surface area (Å²) in [6.45, 7) is 2.34. The van der Waals surface area contributed by atoms with Crippen molar-refractivity contribution in [3.05, 3.63) is 24.0 Å². The summed E-state index contributed by atoms with van der Waals surface area (Å²) in [6.07, 6.45) is 5.53. The highest BCUT2D eigenvalue weighted by molar-refractivity contribution is 5.65. The predicted molar refractivity (Wildman–Crippen MR) is 55.7 cm³/mol. The lowest BCUT2D eigenvalue weighted by molar-refractivity contribution is 0.535. The molecule has 0 aromatic carbocycles. The molecule has 0 spiro atoms. The van der Waals surface area contributed by atoms with Crippen LogP contribution < -0.4 is 5.32 Å².